The highest BCUT2D eigenvalue weighted by atomic mass is 35.5. The van der Waals surface area contributed by atoms with Crippen LogP contribution in [0.4, 0.5) is 0 Å². The van der Waals surface area contributed by atoms with Crippen molar-refractivity contribution in [2.45, 2.75) is 6.54 Å². The summed E-state index contributed by atoms with van der Waals surface area (Å²) in [6, 6.07) is 16.2. The molecule has 0 spiro atoms. The topological polar surface area (TPSA) is 74.8 Å². The fraction of sp³-hybridized carbons (Fsp3) is 0.0455. The number of aromatic nitrogens is 2. The van der Waals surface area contributed by atoms with Crippen LogP contribution >= 0.6 is 23.2 Å². The second kappa shape index (κ2) is 8.07. The normalized spacial score (nSPS) is 10.8. The molecule has 2 N–H and O–H groups in total. The zero-order chi connectivity index (χ0) is 20.4. The lowest BCUT2D eigenvalue weighted by molar-refractivity contribution is 0.0950. The lowest BCUT2D eigenvalue weighted by Crippen LogP contribution is -2.26. The predicted molar refractivity (Wildman–Crippen MR) is 115 cm³/mol. The molecule has 144 valence electrons. The van der Waals surface area contributed by atoms with Crippen molar-refractivity contribution in [3.8, 4) is 11.1 Å². The summed E-state index contributed by atoms with van der Waals surface area (Å²) >= 11 is 12.2. The first kappa shape index (κ1) is 19.2. The number of hydrogen-bond acceptors (Lipinski definition) is 3. The Balaban J connectivity index is 1.65. The van der Waals surface area contributed by atoms with Gasteiger partial charge in [-0.25, -0.2) is 4.98 Å². The van der Waals surface area contributed by atoms with Crippen LogP contribution in [0.2, 0.25) is 10.2 Å². The summed E-state index contributed by atoms with van der Waals surface area (Å²) in [5, 5.41) is 4.09. The summed E-state index contributed by atoms with van der Waals surface area (Å²) in [6.45, 7) is 0.0794. The number of rotatable bonds is 4. The minimum Gasteiger partial charge on any atom is -0.361 e. The molecule has 2 aromatic heterocycles. The molecule has 4 rings (SSSR count). The number of pyridine rings is 2. The first-order valence-electron chi connectivity index (χ1n) is 8.82. The van der Waals surface area contributed by atoms with E-state index >= 15 is 0 Å². The van der Waals surface area contributed by atoms with Gasteiger partial charge in [0.05, 0.1) is 16.1 Å². The van der Waals surface area contributed by atoms with E-state index in [1.165, 1.54) is 12.3 Å². The molecule has 0 saturated carbocycles. The van der Waals surface area contributed by atoms with E-state index in [4.69, 9.17) is 23.2 Å². The van der Waals surface area contributed by atoms with Crippen molar-refractivity contribution in [1.82, 2.24) is 15.3 Å². The van der Waals surface area contributed by atoms with Gasteiger partial charge in [-0.05, 0) is 29.8 Å². The third-order valence-electron chi connectivity index (χ3n) is 4.56. The van der Waals surface area contributed by atoms with Crippen LogP contribution in [0.15, 0.2) is 71.8 Å². The Labute approximate surface area is 176 Å². The highest BCUT2D eigenvalue weighted by molar-refractivity contribution is 6.34. The van der Waals surface area contributed by atoms with Crippen LogP contribution in [0.3, 0.4) is 0 Å². The molecule has 5 nitrogen and oxygen atoms in total. The Morgan fingerprint density at radius 3 is 2.59 bits per heavy atom. The van der Waals surface area contributed by atoms with Crippen LogP contribution in [0.1, 0.15) is 15.9 Å². The summed E-state index contributed by atoms with van der Waals surface area (Å²) < 4.78 is 0. The van der Waals surface area contributed by atoms with Crippen LogP contribution in [0.5, 0.6) is 0 Å². The van der Waals surface area contributed by atoms with E-state index in [9.17, 15) is 9.59 Å². The summed E-state index contributed by atoms with van der Waals surface area (Å²) in [6.07, 6.45) is 2.97. The highest BCUT2D eigenvalue weighted by Gasteiger charge is 2.12. The first-order valence-corrected chi connectivity index (χ1v) is 9.57. The lowest BCUT2D eigenvalue weighted by Gasteiger charge is -2.09. The largest absolute Gasteiger partial charge is 0.361 e. The third kappa shape index (κ3) is 4.01. The summed E-state index contributed by atoms with van der Waals surface area (Å²) in [5.41, 5.74) is 2.98. The first-order chi connectivity index (χ1) is 14.0. The number of nitrogens with one attached hydrogen (secondary N) is 2. The van der Waals surface area contributed by atoms with E-state index in [1.807, 2.05) is 30.3 Å². The van der Waals surface area contributed by atoms with Crippen molar-refractivity contribution in [1.29, 1.82) is 0 Å². The van der Waals surface area contributed by atoms with Gasteiger partial charge in [-0.3, -0.25) is 9.59 Å². The van der Waals surface area contributed by atoms with Gasteiger partial charge in [-0.1, -0.05) is 53.5 Å². The maximum atomic E-state index is 13.0. The van der Waals surface area contributed by atoms with Gasteiger partial charge in [-0.15, -0.1) is 0 Å². The molecular formula is C22H15Cl2N3O2. The highest BCUT2D eigenvalue weighted by Crippen LogP contribution is 2.30. The lowest BCUT2D eigenvalue weighted by atomic mass is 10.0. The van der Waals surface area contributed by atoms with E-state index in [0.29, 0.717) is 32.2 Å². The van der Waals surface area contributed by atoms with Gasteiger partial charge in [0.15, 0.2) is 5.43 Å². The molecule has 0 saturated heterocycles. The number of amides is 1. The second-order valence-electron chi connectivity index (χ2n) is 6.44. The average molecular weight is 424 g/mol. The van der Waals surface area contributed by atoms with Gasteiger partial charge in [0.2, 0.25) is 0 Å². The van der Waals surface area contributed by atoms with Crippen LogP contribution in [-0.4, -0.2) is 15.9 Å². The maximum Gasteiger partial charge on any atom is 0.253 e. The van der Waals surface area contributed by atoms with Crippen molar-refractivity contribution < 1.29 is 4.79 Å². The van der Waals surface area contributed by atoms with Crippen molar-refractivity contribution in [3.05, 3.63) is 98.5 Å². The zero-order valence-electron chi connectivity index (χ0n) is 15.1. The Hall–Kier alpha value is -3.15. The van der Waals surface area contributed by atoms with E-state index < -0.39 is 0 Å². The molecule has 7 heteroatoms. The molecule has 0 aliphatic rings. The second-order valence-corrected chi connectivity index (χ2v) is 7.23. The number of nitrogens with zero attached hydrogens (tertiary/aromatic N) is 1. The molecule has 0 aliphatic carbocycles. The average Bonchev–Trinajstić information content (AvgIpc) is 2.74. The smallest absolute Gasteiger partial charge is 0.253 e. The Kier molecular flexibility index (Phi) is 5.34. The Bertz CT molecular complexity index is 1250. The molecule has 1 amide bonds. The maximum absolute atomic E-state index is 13.0. The van der Waals surface area contributed by atoms with Crippen molar-refractivity contribution in [3.63, 3.8) is 0 Å². The number of hydrogen-bond donors (Lipinski definition) is 2. The van der Waals surface area contributed by atoms with Gasteiger partial charge in [0, 0.05) is 35.5 Å². The van der Waals surface area contributed by atoms with Crippen LogP contribution in [-0.2, 0) is 6.54 Å². The number of benzene rings is 2. The van der Waals surface area contributed by atoms with Gasteiger partial charge >= 0.3 is 0 Å². The van der Waals surface area contributed by atoms with Gasteiger partial charge in [-0.2, -0.15) is 0 Å². The van der Waals surface area contributed by atoms with E-state index in [2.05, 4.69) is 15.3 Å². The predicted octanol–water partition coefficient (Wildman–Crippen LogP) is 4.83. The molecule has 0 unspecified atom stereocenters. The monoisotopic (exact) mass is 423 g/mol. The standard InChI is InChI=1S/C22H15Cl2N3O2/c23-18-9-19-17(8-16(18)13-4-2-1-3-5-13)21(28)15(11-25-19)12-27-22(29)14-6-7-20(24)26-10-14/h1-11H,12H2,(H,25,28)(H,27,29). The number of fused-ring (bicyclic) bond motifs is 1. The van der Waals surface area contributed by atoms with Gasteiger partial charge < -0.3 is 10.3 Å². The van der Waals surface area contributed by atoms with E-state index in [1.54, 1.807) is 24.4 Å². The number of H-pyrrole nitrogens is 1. The molecule has 0 fully saturated rings. The fourth-order valence-corrected chi connectivity index (χ4v) is 3.43. The molecule has 0 radical (unpaired) electrons. The van der Waals surface area contributed by atoms with Gasteiger partial charge in [0.25, 0.3) is 5.91 Å². The van der Waals surface area contributed by atoms with Crippen LogP contribution < -0.4 is 10.7 Å². The Morgan fingerprint density at radius 1 is 1.07 bits per heavy atom. The quantitative estimate of drug-likeness (QED) is 0.461. The third-order valence-corrected chi connectivity index (χ3v) is 5.10. The minimum atomic E-state index is -0.338. The van der Waals surface area contributed by atoms with E-state index in [-0.39, 0.29) is 17.9 Å². The Morgan fingerprint density at radius 2 is 1.86 bits per heavy atom. The number of aromatic amines is 1. The van der Waals surface area contributed by atoms with Gasteiger partial charge in [0.1, 0.15) is 5.15 Å². The molecular weight excluding hydrogens is 409 g/mol. The van der Waals surface area contributed by atoms with Crippen molar-refractivity contribution >= 4 is 40.0 Å². The summed E-state index contributed by atoms with van der Waals surface area (Å²) in [4.78, 5) is 32.2. The molecule has 29 heavy (non-hydrogen) atoms. The fourth-order valence-electron chi connectivity index (χ4n) is 3.04. The van der Waals surface area contributed by atoms with Crippen LogP contribution in [0, 0.1) is 0 Å². The summed E-state index contributed by atoms with van der Waals surface area (Å²) in [7, 11) is 0. The molecule has 0 aliphatic heterocycles. The summed E-state index contributed by atoms with van der Waals surface area (Å²) in [5.74, 6) is -0.338. The minimum absolute atomic E-state index is 0.0794. The molecule has 0 bridgehead atoms. The number of carbonyl (C=O) groups is 1. The van der Waals surface area contributed by atoms with E-state index in [0.717, 1.165) is 11.1 Å². The molecule has 2 aromatic carbocycles. The number of carbonyl (C=O) groups excluding carboxylic acids is 1. The molecule has 4 aromatic rings. The molecule has 2 heterocycles. The van der Waals surface area contributed by atoms with Crippen molar-refractivity contribution in [2.24, 2.45) is 0 Å². The zero-order valence-corrected chi connectivity index (χ0v) is 16.6. The number of halogens is 2. The van der Waals surface area contributed by atoms with Crippen LogP contribution in [0.25, 0.3) is 22.0 Å². The SMILES string of the molecule is O=C(NCc1c[nH]c2cc(Cl)c(-c3ccccc3)cc2c1=O)c1ccc(Cl)nc1. The van der Waals surface area contributed by atoms with Crippen molar-refractivity contribution in [2.75, 3.05) is 0 Å². The molecule has 0 atom stereocenters.